The predicted molar refractivity (Wildman–Crippen MR) is 91.3 cm³/mol. The number of nitrogens with zero attached hydrogens (tertiary/aromatic N) is 2. The SMILES string of the molecule is CN1c2c(cc(Nc3ccc(F)nc3)cc2C(F)(F)F)C2CNCCC21. The van der Waals surface area contributed by atoms with Crippen LogP contribution in [0.5, 0.6) is 0 Å². The number of hydrogen-bond acceptors (Lipinski definition) is 4. The fraction of sp³-hybridized carbons (Fsp3) is 0.389. The molecule has 0 bridgehead atoms. The third kappa shape index (κ3) is 2.88. The maximum absolute atomic E-state index is 13.7. The molecule has 1 aromatic carbocycles. The van der Waals surface area contributed by atoms with Crippen LogP contribution in [0.4, 0.5) is 34.6 Å². The van der Waals surface area contributed by atoms with Crippen LogP contribution in [-0.2, 0) is 6.18 Å². The minimum atomic E-state index is -4.46. The van der Waals surface area contributed by atoms with Gasteiger partial charge in [0.15, 0.2) is 0 Å². The molecule has 4 rings (SSSR count). The fourth-order valence-corrected chi connectivity index (χ4v) is 4.03. The average Bonchev–Trinajstić information content (AvgIpc) is 2.89. The molecule has 0 aliphatic carbocycles. The summed E-state index contributed by atoms with van der Waals surface area (Å²) in [6.45, 7) is 1.45. The third-order valence-corrected chi connectivity index (χ3v) is 5.16. The standard InChI is InChI=1S/C18H18F4N4/c1-26-15-4-5-23-9-13(15)12-6-11(7-14(17(12)26)18(20,21)22)25-10-2-3-16(19)24-8-10/h2-3,6-8,13,15,23,25H,4-5,9H2,1H3. The van der Waals surface area contributed by atoms with E-state index in [1.165, 1.54) is 12.3 Å². The van der Waals surface area contributed by atoms with Crippen LogP contribution >= 0.6 is 0 Å². The maximum Gasteiger partial charge on any atom is 0.418 e. The Morgan fingerprint density at radius 3 is 2.73 bits per heavy atom. The molecule has 26 heavy (non-hydrogen) atoms. The molecule has 2 unspecified atom stereocenters. The topological polar surface area (TPSA) is 40.2 Å². The molecule has 2 aliphatic heterocycles. The Balaban J connectivity index is 1.79. The van der Waals surface area contributed by atoms with E-state index < -0.39 is 17.7 Å². The number of halogens is 4. The summed E-state index contributed by atoms with van der Waals surface area (Å²) in [6, 6.07) is 5.55. The molecule has 0 saturated carbocycles. The average molecular weight is 366 g/mol. The molecule has 138 valence electrons. The quantitative estimate of drug-likeness (QED) is 0.625. The molecule has 8 heteroatoms. The highest BCUT2D eigenvalue weighted by Gasteiger charge is 2.45. The summed E-state index contributed by atoms with van der Waals surface area (Å²) in [7, 11) is 1.74. The van der Waals surface area contributed by atoms with Gasteiger partial charge in [-0.3, -0.25) is 0 Å². The minimum absolute atomic E-state index is 0.0120. The van der Waals surface area contributed by atoms with E-state index in [2.05, 4.69) is 15.6 Å². The predicted octanol–water partition coefficient (Wildman–Crippen LogP) is 3.88. The fourth-order valence-electron chi connectivity index (χ4n) is 4.03. The van der Waals surface area contributed by atoms with Gasteiger partial charge in [0.2, 0.25) is 5.95 Å². The highest BCUT2D eigenvalue weighted by Crippen LogP contribution is 2.50. The summed E-state index contributed by atoms with van der Waals surface area (Å²) in [6.07, 6.45) is -2.40. The van der Waals surface area contributed by atoms with Gasteiger partial charge in [0, 0.05) is 31.2 Å². The van der Waals surface area contributed by atoms with Crippen molar-refractivity contribution in [2.24, 2.45) is 0 Å². The number of piperidine rings is 1. The van der Waals surface area contributed by atoms with Crippen LogP contribution in [-0.4, -0.2) is 31.2 Å². The number of hydrogen-bond donors (Lipinski definition) is 2. The van der Waals surface area contributed by atoms with Crippen molar-refractivity contribution < 1.29 is 17.6 Å². The van der Waals surface area contributed by atoms with E-state index in [0.717, 1.165) is 25.1 Å². The molecule has 3 heterocycles. The molecule has 2 atom stereocenters. The van der Waals surface area contributed by atoms with Crippen LogP contribution < -0.4 is 15.5 Å². The molecular weight excluding hydrogens is 348 g/mol. The lowest BCUT2D eigenvalue weighted by molar-refractivity contribution is -0.137. The summed E-state index contributed by atoms with van der Waals surface area (Å²) >= 11 is 0. The Bertz CT molecular complexity index is 819. The Morgan fingerprint density at radius 2 is 2.04 bits per heavy atom. The number of benzene rings is 1. The van der Waals surface area contributed by atoms with Crippen LogP contribution in [0.1, 0.15) is 23.5 Å². The number of anilines is 3. The molecule has 2 aliphatic rings. The maximum atomic E-state index is 13.7. The lowest BCUT2D eigenvalue weighted by Crippen LogP contribution is -2.42. The second-order valence-electron chi connectivity index (χ2n) is 6.73. The number of nitrogens with one attached hydrogen (secondary N) is 2. The molecule has 1 aromatic heterocycles. The lowest BCUT2D eigenvalue weighted by Gasteiger charge is -2.31. The summed E-state index contributed by atoms with van der Waals surface area (Å²) in [4.78, 5) is 5.30. The lowest BCUT2D eigenvalue weighted by atomic mass is 9.89. The molecule has 1 saturated heterocycles. The minimum Gasteiger partial charge on any atom is -0.370 e. The Labute approximate surface area is 148 Å². The first kappa shape index (κ1) is 17.1. The van der Waals surface area contributed by atoms with Gasteiger partial charge in [0.25, 0.3) is 0 Å². The second kappa shape index (κ2) is 6.12. The van der Waals surface area contributed by atoms with E-state index in [-0.39, 0.29) is 17.6 Å². The summed E-state index contributed by atoms with van der Waals surface area (Å²) in [5.41, 5.74) is 1.06. The number of likely N-dealkylation sites (N-methyl/N-ethyl adjacent to an activating group) is 1. The zero-order valence-corrected chi connectivity index (χ0v) is 14.1. The first-order chi connectivity index (χ1) is 12.3. The van der Waals surface area contributed by atoms with E-state index in [0.29, 0.717) is 23.5 Å². The highest BCUT2D eigenvalue weighted by atomic mass is 19.4. The van der Waals surface area contributed by atoms with Crippen molar-refractivity contribution in [1.29, 1.82) is 0 Å². The second-order valence-corrected chi connectivity index (χ2v) is 6.73. The molecule has 0 amide bonds. The zero-order chi connectivity index (χ0) is 18.5. The van der Waals surface area contributed by atoms with E-state index in [4.69, 9.17) is 0 Å². The molecule has 1 fully saturated rings. The monoisotopic (exact) mass is 366 g/mol. The van der Waals surface area contributed by atoms with Crippen molar-refractivity contribution in [3.8, 4) is 0 Å². The van der Waals surface area contributed by atoms with E-state index in [1.54, 1.807) is 18.0 Å². The number of pyridine rings is 1. The van der Waals surface area contributed by atoms with Gasteiger partial charge >= 0.3 is 6.18 Å². The first-order valence-electron chi connectivity index (χ1n) is 8.42. The van der Waals surface area contributed by atoms with Gasteiger partial charge < -0.3 is 15.5 Å². The van der Waals surface area contributed by atoms with Crippen LogP contribution in [0.15, 0.2) is 30.5 Å². The van der Waals surface area contributed by atoms with Gasteiger partial charge in [-0.25, -0.2) is 4.98 Å². The van der Waals surface area contributed by atoms with Gasteiger partial charge in [-0.15, -0.1) is 0 Å². The van der Waals surface area contributed by atoms with Crippen molar-refractivity contribution in [1.82, 2.24) is 10.3 Å². The smallest absolute Gasteiger partial charge is 0.370 e. The third-order valence-electron chi connectivity index (χ3n) is 5.16. The van der Waals surface area contributed by atoms with Crippen LogP contribution in [0.25, 0.3) is 0 Å². The number of fused-ring (bicyclic) bond motifs is 3. The van der Waals surface area contributed by atoms with Crippen LogP contribution in [0.3, 0.4) is 0 Å². The molecular formula is C18H18F4N4. The van der Waals surface area contributed by atoms with Crippen molar-refractivity contribution in [3.63, 3.8) is 0 Å². The number of alkyl halides is 3. The molecule has 0 spiro atoms. The van der Waals surface area contributed by atoms with E-state index in [9.17, 15) is 17.6 Å². The first-order valence-corrected chi connectivity index (χ1v) is 8.42. The molecule has 2 aromatic rings. The van der Waals surface area contributed by atoms with Gasteiger partial charge in [0.05, 0.1) is 23.1 Å². The van der Waals surface area contributed by atoms with E-state index in [1.807, 2.05) is 0 Å². The number of aromatic nitrogens is 1. The van der Waals surface area contributed by atoms with Crippen molar-refractivity contribution in [2.75, 3.05) is 30.4 Å². The Hall–Kier alpha value is -2.35. The largest absolute Gasteiger partial charge is 0.418 e. The van der Waals surface area contributed by atoms with E-state index >= 15 is 0 Å². The Kier molecular flexibility index (Phi) is 4.02. The summed E-state index contributed by atoms with van der Waals surface area (Å²) in [5.74, 6) is -0.629. The van der Waals surface area contributed by atoms with Gasteiger partial charge in [-0.2, -0.15) is 17.6 Å². The zero-order valence-electron chi connectivity index (χ0n) is 14.1. The van der Waals surface area contributed by atoms with Gasteiger partial charge in [-0.05, 0) is 42.8 Å². The Morgan fingerprint density at radius 1 is 1.23 bits per heavy atom. The molecule has 4 nitrogen and oxygen atoms in total. The van der Waals surface area contributed by atoms with Gasteiger partial charge in [0.1, 0.15) is 0 Å². The van der Waals surface area contributed by atoms with Crippen LogP contribution in [0, 0.1) is 5.95 Å². The van der Waals surface area contributed by atoms with Crippen molar-refractivity contribution in [2.45, 2.75) is 24.6 Å². The summed E-state index contributed by atoms with van der Waals surface area (Å²) < 4.78 is 54.2. The molecule has 2 N–H and O–H groups in total. The van der Waals surface area contributed by atoms with Crippen molar-refractivity contribution in [3.05, 3.63) is 47.5 Å². The summed E-state index contributed by atoms with van der Waals surface area (Å²) in [5, 5.41) is 6.19. The highest BCUT2D eigenvalue weighted by molar-refractivity contribution is 5.74. The number of rotatable bonds is 2. The normalized spacial score (nSPS) is 22.1. The van der Waals surface area contributed by atoms with Crippen LogP contribution in [0.2, 0.25) is 0 Å². The molecule has 0 radical (unpaired) electrons. The van der Waals surface area contributed by atoms with Crippen molar-refractivity contribution >= 4 is 17.1 Å². The van der Waals surface area contributed by atoms with Gasteiger partial charge in [-0.1, -0.05) is 0 Å².